The number of nitrogens with zero attached hydrogens (tertiary/aromatic N) is 4. The molecule has 2 N–H and O–H groups in total. The molecule has 0 atom stereocenters. The minimum atomic E-state index is -0.262. The van der Waals surface area contributed by atoms with Gasteiger partial charge in [-0.2, -0.15) is 0 Å². The Balaban J connectivity index is 1.43. The van der Waals surface area contributed by atoms with Crippen LogP contribution in [0.5, 0.6) is 0 Å². The summed E-state index contributed by atoms with van der Waals surface area (Å²) in [5.41, 5.74) is 6.02. The number of H-pyrrole nitrogens is 1. The molecule has 0 radical (unpaired) electrons. The predicted octanol–water partition coefficient (Wildman–Crippen LogP) is 3.31. The van der Waals surface area contributed by atoms with Crippen molar-refractivity contribution in [1.82, 2.24) is 19.3 Å². The zero-order valence-corrected chi connectivity index (χ0v) is 19.6. The van der Waals surface area contributed by atoms with Crippen LogP contribution in [0.3, 0.4) is 0 Å². The van der Waals surface area contributed by atoms with Gasteiger partial charge in [0.1, 0.15) is 11.3 Å². The van der Waals surface area contributed by atoms with Crippen molar-refractivity contribution in [2.45, 2.75) is 13.8 Å². The molecule has 1 amide bonds. The maximum atomic E-state index is 13.1. The number of hydrogen-bond acceptors (Lipinski definition) is 5. The molecule has 0 bridgehead atoms. The first-order chi connectivity index (χ1) is 16.4. The lowest BCUT2D eigenvalue weighted by Gasteiger charge is -2.34. The topological polar surface area (TPSA) is 85.7 Å². The van der Waals surface area contributed by atoms with Gasteiger partial charge in [0.15, 0.2) is 0 Å². The Morgan fingerprint density at radius 2 is 1.85 bits per heavy atom. The number of nitrogens with one attached hydrogen (secondary N) is 2. The third-order valence-corrected chi connectivity index (χ3v) is 6.42. The summed E-state index contributed by atoms with van der Waals surface area (Å²) in [6.07, 6.45) is 3.44. The van der Waals surface area contributed by atoms with Crippen LogP contribution in [0.2, 0.25) is 0 Å². The molecule has 1 aliphatic rings. The van der Waals surface area contributed by atoms with Crippen LogP contribution in [0.1, 0.15) is 21.7 Å². The van der Waals surface area contributed by atoms with Crippen molar-refractivity contribution in [3.8, 4) is 11.1 Å². The number of rotatable bonds is 4. The number of pyridine rings is 2. The maximum absolute atomic E-state index is 13.1. The number of likely N-dealkylation sites (N-methyl/N-ethyl adjacent to an activating group) is 1. The second-order valence-corrected chi connectivity index (χ2v) is 8.90. The average Bonchev–Trinajstić information content (AvgIpc) is 3.29. The lowest BCUT2D eigenvalue weighted by Crippen LogP contribution is -2.44. The quantitative estimate of drug-likeness (QED) is 0.492. The summed E-state index contributed by atoms with van der Waals surface area (Å²) < 4.78 is 1.91. The Kier molecular flexibility index (Phi) is 5.67. The van der Waals surface area contributed by atoms with Crippen molar-refractivity contribution in [3.63, 3.8) is 0 Å². The van der Waals surface area contributed by atoms with Gasteiger partial charge in [-0.1, -0.05) is 6.07 Å². The third-order valence-electron chi connectivity index (χ3n) is 6.42. The molecule has 5 rings (SSSR count). The van der Waals surface area contributed by atoms with E-state index in [1.54, 1.807) is 19.3 Å². The first-order valence-corrected chi connectivity index (χ1v) is 11.4. The van der Waals surface area contributed by atoms with Crippen LogP contribution in [0.25, 0.3) is 16.8 Å². The largest absolute Gasteiger partial charge is 0.369 e. The van der Waals surface area contributed by atoms with Gasteiger partial charge in [0.05, 0.1) is 0 Å². The zero-order valence-electron chi connectivity index (χ0n) is 19.6. The van der Waals surface area contributed by atoms with Crippen molar-refractivity contribution < 1.29 is 4.79 Å². The van der Waals surface area contributed by atoms with E-state index in [0.29, 0.717) is 16.9 Å². The summed E-state index contributed by atoms with van der Waals surface area (Å²) in [4.78, 5) is 37.0. The van der Waals surface area contributed by atoms with Crippen LogP contribution in [0, 0.1) is 13.8 Å². The monoisotopic (exact) mass is 456 g/mol. The molecule has 0 aliphatic carbocycles. The van der Waals surface area contributed by atoms with Gasteiger partial charge in [-0.05, 0) is 57.3 Å². The number of fused-ring (bicyclic) bond motifs is 1. The average molecular weight is 457 g/mol. The van der Waals surface area contributed by atoms with Crippen molar-refractivity contribution in [2.75, 3.05) is 43.4 Å². The fraction of sp³-hybridized carbons (Fsp3) is 0.269. The van der Waals surface area contributed by atoms with Crippen LogP contribution < -0.4 is 15.8 Å². The van der Waals surface area contributed by atoms with Crippen molar-refractivity contribution in [1.29, 1.82) is 0 Å². The maximum Gasteiger partial charge on any atom is 0.275 e. The van der Waals surface area contributed by atoms with Crippen molar-refractivity contribution >= 4 is 22.9 Å². The molecule has 1 fully saturated rings. The van der Waals surface area contributed by atoms with E-state index in [0.717, 1.165) is 54.4 Å². The highest BCUT2D eigenvalue weighted by molar-refractivity contribution is 6.03. The first kappa shape index (κ1) is 21.9. The Labute approximate surface area is 197 Å². The first-order valence-electron chi connectivity index (χ1n) is 11.4. The fourth-order valence-electron chi connectivity index (χ4n) is 4.33. The van der Waals surface area contributed by atoms with E-state index in [9.17, 15) is 9.59 Å². The molecule has 4 heterocycles. The lowest BCUT2D eigenvalue weighted by atomic mass is 10.1. The number of aryl methyl sites for hydroxylation is 2. The molecule has 8 heteroatoms. The number of anilines is 2. The molecule has 3 aromatic heterocycles. The van der Waals surface area contributed by atoms with Crippen molar-refractivity contribution in [3.05, 3.63) is 82.2 Å². The van der Waals surface area contributed by atoms with Gasteiger partial charge >= 0.3 is 0 Å². The molecule has 0 saturated carbocycles. The van der Waals surface area contributed by atoms with Gasteiger partial charge in [-0.25, -0.2) is 4.98 Å². The van der Waals surface area contributed by atoms with Gasteiger partial charge in [0.2, 0.25) is 0 Å². The number of aromatic amines is 1. The standard InChI is InChI=1S/C26H28N6O2/c1-17-13-19(15-27-25(17)33)22-8-7-18(2)32-16-23(29-24(22)32)26(34)28-20-5-4-6-21(14-20)31-11-9-30(3)10-12-31/h4-8,13-16H,9-12H2,1-3H3,(H,27,33)(H,28,34). The summed E-state index contributed by atoms with van der Waals surface area (Å²) >= 11 is 0. The van der Waals surface area contributed by atoms with Crippen molar-refractivity contribution in [2.24, 2.45) is 0 Å². The molecular formula is C26H28N6O2. The van der Waals surface area contributed by atoms with E-state index < -0.39 is 0 Å². The highest BCUT2D eigenvalue weighted by atomic mass is 16.2. The van der Waals surface area contributed by atoms with Crippen LogP contribution in [-0.2, 0) is 0 Å². The van der Waals surface area contributed by atoms with Crippen LogP contribution in [-0.4, -0.2) is 58.4 Å². The fourth-order valence-corrected chi connectivity index (χ4v) is 4.33. The number of hydrogen-bond donors (Lipinski definition) is 2. The predicted molar refractivity (Wildman–Crippen MR) is 135 cm³/mol. The van der Waals surface area contributed by atoms with Gasteiger partial charge in [0.25, 0.3) is 11.5 Å². The van der Waals surface area contributed by atoms with Gasteiger partial charge < -0.3 is 24.5 Å². The van der Waals surface area contributed by atoms with E-state index >= 15 is 0 Å². The lowest BCUT2D eigenvalue weighted by molar-refractivity contribution is 0.102. The highest BCUT2D eigenvalue weighted by Crippen LogP contribution is 2.26. The molecule has 174 valence electrons. The molecule has 0 unspecified atom stereocenters. The Morgan fingerprint density at radius 3 is 2.62 bits per heavy atom. The Bertz CT molecular complexity index is 1430. The molecule has 1 saturated heterocycles. The van der Waals surface area contributed by atoms with Crippen LogP contribution in [0.15, 0.2) is 59.7 Å². The number of imidazole rings is 1. The highest BCUT2D eigenvalue weighted by Gasteiger charge is 2.18. The number of amides is 1. The smallest absolute Gasteiger partial charge is 0.275 e. The zero-order chi connectivity index (χ0) is 23.8. The SMILES string of the molecule is Cc1cc(-c2ccc(C)n3cc(C(=O)Nc4cccc(N5CCN(C)CC5)c4)nc23)c[nH]c1=O. The Morgan fingerprint density at radius 1 is 1.06 bits per heavy atom. The van der Waals surface area contributed by atoms with Crippen LogP contribution in [0.4, 0.5) is 11.4 Å². The minimum Gasteiger partial charge on any atom is -0.369 e. The summed E-state index contributed by atoms with van der Waals surface area (Å²) in [6, 6.07) is 13.7. The van der Waals surface area contributed by atoms with E-state index in [-0.39, 0.29) is 11.5 Å². The van der Waals surface area contributed by atoms with Crippen LogP contribution >= 0.6 is 0 Å². The summed E-state index contributed by atoms with van der Waals surface area (Å²) in [5, 5.41) is 3.00. The normalized spacial score (nSPS) is 14.5. The number of carbonyl (C=O) groups excluding carboxylic acids is 1. The molecule has 4 aromatic rings. The molecule has 0 spiro atoms. The second-order valence-electron chi connectivity index (χ2n) is 8.90. The molecule has 34 heavy (non-hydrogen) atoms. The molecule has 8 nitrogen and oxygen atoms in total. The van der Waals surface area contributed by atoms with Gasteiger partial charge in [0, 0.05) is 72.3 Å². The number of aromatic nitrogens is 3. The minimum absolute atomic E-state index is 0.117. The molecule has 1 aliphatic heterocycles. The third kappa shape index (κ3) is 4.20. The second kappa shape index (κ2) is 8.79. The van der Waals surface area contributed by atoms with E-state index in [1.807, 2.05) is 47.7 Å². The number of benzene rings is 1. The number of piperazine rings is 1. The Hall–Kier alpha value is -3.91. The number of carbonyl (C=O) groups is 1. The van der Waals surface area contributed by atoms with E-state index in [1.165, 1.54) is 0 Å². The summed E-state index contributed by atoms with van der Waals surface area (Å²) in [6.45, 7) is 7.72. The van der Waals surface area contributed by atoms with Gasteiger partial charge in [-0.3, -0.25) is 9.59 Å². The van der Waals surface area contributed by atoms with Gasteiger partial charge in [-0.15, -0.1) is 0 Å². The molecular weight excluding hydrogens is 428 g/mol. The van der Waals surface area contributed by atoms with E-state index in [2.05, 4.69) is 38.2 Å². The summed E-state index contributed by atoms with van der Waals surface area (Å²) in [7, 11) is 2.13. The van der Waals surface area contributed by atoms with E-state index in [4.69, 9.17) is 0 Å². The summed E-state index contributed by atoms with van der Waals surface area (Å²) in [5.74, 6) is -0.262. The molecule has 1 aromatic carbocycles.